The Morgan fingerprint density at radius 3 is 2.72 bits per heavy atom. The molecule has 1 atom stereocenters. The number of hydrogen-bond acceptors (Lipinski definition) is 4. The van der Waals surface area contributed by atoms with E-state index in [1.165, 1.54) is 3.97 Å². The molecule has 1 aromatic heterocycles. The molecule has 2 heterocycles. The first-order chi connectivity index (χ1) is 12.1. The van der Waals surface area contributed by atoms with Gasteiger partial charge in [-0.2, -0.15) is 0 Å². The van der Waals surface area contributed by atoms with Crippen LogP contribution in [-0.2, 0) is 14.8 Å². The molecule has 25 heavy (non-hydrogen) atoms. The molecule has 5 nitrogen and oxygen atoms in total. The largest absolute Gasteiger partial charge is 0.491 e. The highest BCUT2D eigenvalue weighted by atomic mass is 32.2. The van der Waals surface area contributed by atoms with Gasteiger partial charge in [0.1, 0.15) is 12.4 Å². The van der Waals surface area contributed by atoms with Crippen molar-refractivity contribution in [3.63, 3.8) is 0 Å². The van der Waals surface area contributed by atoms with Crippen LogP contribution in [0.4, 0.5) is 0 Å². The maximum absolute atomic E-state index is 12.9. The van der Waals surface area contributed by atoms with E-state index >= 15 is 0 Å². The minimum Gasteiger partial charge on any atom is -0.491 e. The molecule has 0 radical (unpaired) electrons. The second-order valence-corrected chi connectivity index (χ2v) is 7.91. The van der Waals surface area contributed by atoms with E-state index < -0.39 is 10.0 Å². The zero-order valence-electron chi connectivity index (χ0n) is 13.7. The standard InChI is InChI=1S/C19H19NO4S/c21-25(22,18-6-2-1-3-7-18)20-11-10-15-8-9-16(13-19(15)20)24-14-17-5-4-12-23-17/h1-3,6-11,13,17H,4-5,12,14H2. The van der Waals surface area contributed by atoms with Crippen LogP contribution < -0.4 is 4.74 Å². The Bertz CT molecular complexity index is 973. The average molecular weight is 357 g/mol. The summed E-state index contributed by atoms with van der Waals surface area (Å²) in [5.74, 6) is 0.645. The van der Waals surface area contributed by atoms with Gasteiger partial charge in [-0.1, -0.05) is 18.2 Å². The third-order valence-corrected chi connectivity index (χ3v) is 6.09. The fraction of sp³-hybridized carbons (Fsp3) is 0.263. The van der Waals surface area contributed by atoms with Crippen LogP contribution in [0.3, 0.4) is 0 Å². The number of fused-ring (bicyclic) bond motifs is 1. The first-order valence-corrected chi connectivity index (χ1v) is 9.75. The summed E-state index contributed by atoms with van der Waals surface area (Å²) in [5, 5.41) is 0.851. The van der Waals surface area contributed by atoms with Crippen LogP contribution in [0.25, 0.3) is 10.9 Å². The minimum absolute atomic E-state index is 0.121. The van der Waals surface area contributed by atoms with Gasteiger partial charge in [-0.3, -0.25) is 0 Å². The Morgan fingerprint density at radius 2 is 1.96 bits per heavy atom. The maximum Gasteiger partial charge on any atom is 0.268 e. The van der Waals surface area contributed by atoms with Crippen LogP contribution in [0.5, 0.6) is 5.75 Å². The van der Waals surface area contributed by atoms with Gasteiger partial charge in [0.05, 0.1) is 16.5 Å². The van der Waals surface area contributed by atoms with Crippen molar-refractivity contribution in [3.05, 3.63) is 60.8 Å². The first kappa shape index (κ1) is 16.2. The Morgan fingerprint density at radius 1 is 1.12 bits per heavy atom. The average Bonchev–Trinajstić information content (AvgIpc) is 3.30. The Hall–Kier alpha value is -2.31. The molecule has 1 fully saturated rings. The van der Waals surface area contributed by atoms with Gasteiger partial charge < -0.3 is 9.47 Å². The van der Waals surface area contributed by atoms with Gasteiger partial charge >= 0.3 is 0 Å². The molecule has 0 bridgehead atoms. The van der Waals surface area contributed by atoms with E-state index in [9.17, 15) is 8.42 Å². The highest BCUT2D eigenvalue weighted by Crippen LogP contribution is 2.26. The molecule has 0 amide bonds. The molecule has 0 spiro atoms. The summed E-state index contributed by atoms with van der Waals surface area (Å²) in [4.78, 5) is 0.262. The van der Waals surface area contributed by atoms with Crippen LogP contribution in [0.1, 0.15) is 12.8 Å². The predicted octanol–water partition coefficient (Wildman–Crippen LogP) is 3.44. The molecule has 0 saturated carbocycles. The summed E-state index contributed by atoms with van der Waals surface area (Å²) in [6, 6.07) is 15.7. The molecule has 4 rings (SSSR count). The van der Waals surface area contributed by atoms with E-state index in [0.717, 1.165) is 24.8 Å². The van der Waals surface area contributed by atoms with E-state index in [-0.39, 0.29) is 11.0 Å². The first-order valence-electron chi connectivity index (χ1n) is 8.31. The van der Waals surface area contributed by atoms with Crippen LogP contribution in [0.15, 0.2) is 65.7 Å². The summed E-state index contributed by atoms with van der Waals surface area (Å²) in [6.45, 7) is 1.27. The monoisotopic (exact) mass is 357 g/mol. The molecular weight excluding hydrogens is 338 g/mol. The Balaban J connectivity index is 1.67. The van der Waals surface area contributed by atoms with Crippen molar-refractivity contribution >= 4 is 20.9 Å². The van der Waals surface area contributed by atoms with Gasteiger partial charge in [0.2, 0.25) is 0 Å². The topological polar surface area (TPSA) is 57.5 Å². The minimum atomic E-state index is -3.63. The van der Waals surface area contributed by atoms with E-state index in [1.807, 2.05) is 12.1 Å². The molecular formula is C19H19NO4S. The quantitative estimate of drug-likeness (QED) is 0.702. The molecule has 2 aromatic carbocycles. The number of aromatic nitrogens is 1. The molecule has 3 aromatic rings. The lowest BCUT2D eigenvalue weighted by Gasteiger charge is -2.12. The molecule has 1 aliphatic rings. The summed E-state index contributed by atoms with van der Waals surface area (Å²) in [7, 11) is -3.63. The van der Waals surface area contributed by atoms with Crippen LogP contribution in [0, 0.1) is 0 Å². The molecule has 130 valence electrons. The SMILES string of the molecule is O=S(=O)(c1ccccc1)n1ccc2ccc(OCC3CCCO3)cc21. The van der Waals surface area contributed by atoms with Crippen molar-refractivity contribution in [2.75, 3.05) is 13.2 Å². The van der Waals surface area contributed by atoms with E-state index in [2.05, 4.69) is 0 Å². The highest BCUT2D eigenvalue weighted by Gasteiger charge is 2.19. The summed E-state index contributed by atoms with van der Waals surface area (Å²) >= 11 is 0. The number of rotatable bonds is 5. The van der Waals surface area contributed by atoms with Crippen LogP contribution >= 0.6 is 0 Å². The number of ether oxygens (including phenoxy) is 2. The van der Waals surface area contributed by atoms with Crippen molar-refractivity contribution in [1.29, 1.82) is 0 Å². The predicted molar refractivity (Wildman–Crippen MR) is 95.4 cm³/mol. The summed E-state index contributed by atoms with van der Waals surface area (Å²) in [6.07, 6.45) is 3.76. The van der Waals surface area contributed by atoms with Crippen LogP contribution in [-0.4, -0.2) is 31.7 Å². The lowest BCUT2D eigenvalue weighted by atomic mass is 10.2. The molecule has 1 aliphatic heterocycles. The van der Waals surface area contributed by atoms with Crippen molar-refractivity contribution < 1.29 is 17.9 Å². The zero-order valence-corrected chi connectivity index (χ0v) is 14.5. The molecule has 0 aliphatic carbocycles. The van der Waals surface area contributed by atoms with Crippen molar-refractivity contribution in [3.8, 4) is 5.75 Å². The molecule has 1 unspecified atom stereocenters. The van der Waals surface area contributed by atoms with Crippen LogP contribution in [0.2, 0.25) is 0 Å². The third-order valence-electron chi connectivity index (χ3n) is 4.39. The smallest absolute Gasteiger partial charge is 0.268 e. The fourth-order valence-corrected chi connectivity index (χ4v) is 4.42. The second-order valence-electron chi connectivity index (χ2n) is 6.10. The van der Waals surface area contributed by atoms with E-state index in [1.54, 1.807) is 48.7 Å². The molecule has 1 saturated heterocycles. The van der Waals surface area contributed by atoms with Gasteiger partial charge in [0, 0.05) is 24.3 Å². The lowest BCUT2D eigenvalue weighted by molar-refractivity contribution is 0.0680. The summed E-state index contributed by atoms with van der Waals surface area (Å²) < 4.78 is 38.4. The van der Waals surface area contributed by atoms with E-state index in [4.69, 9.17) is 9.47 Å². The number of benzene rings is 2. The molecule has 0 N–H and O–H groups in total. The fourth-order valence-electron chi connectivity index (χ4n) is 3.05. The Kier molecular flexibility index (Phi) is 4.23. The Labute approximate surface area is 146 Å². The second kappa shape index (κ2) is 6.54. The van der Waals surface area contributed by atoms with Gasteiger partial charge in [-0.05, 0) is 43.2 Å². The number of nitrogens with zero attached hydrogens (tertiary/aromatic N) is 1. The van der Waals surface area contributed by atoms with Gasteiger partial charge in [0.15, 0.2) is 0 Å². The third kappa shape index (κ3) is 3.15. The van der Waals surface area contributed by atoms with Gasteiger partial charge in [-0.15, -0.1) is 0 Å². The van der Waals surface area contributed by atoms with Gasteiger partial charge in [-0.25, -0.2) is 12.4 Å². The normalized spacial score (nSPS) is 17.8. The van der Waals surface area contributed by atoms with Crippen molar-refractivity contribution in [1.82, 2.24) is 3.97 Å². The van der Waals surface area contributed by atoms with Gasteiger partial charge in [0.25, 0.3) is 10.0 Å². The highest BCUT2D eigenvalue weighted by molar-refractivity contribution is 7.90. The van der Waals surface area contributed by atoms with Crippen molar-refractivity contribution in [2.24, 2.45) is 0 Å². The van der Waals surface area contributed by atoms with Crippen molar-refractivity contribution in [2.45, 2.75) is 23.8 Å². The maximum atomic E-state index is 12.9. The number of hydrogen-bond donors (Lipinski definition) is 0. The molecule has 6 heteroatoms. The zero-order chi connectivity index (χ0) is 17.3. The summed E-state index contributed by atoms with van der Waals surface area (Å²) in [5.41, 5.74) is 0.605. The van der Waals surface area contributed by atoms with E-state index in [0.29, 0.717) is 17.9 Å². The lowest BCUT2D eigenvalue weighted by Crippen LogP contribution is -2.16.